The molecule has 3 rings (SSSR count). The molecule has 110 valence electrons. The van der Waals surface area contributed by atoms with E-state index in [1.807, 2.05) is 24.3 Å². The van der Waals surface area contributed by atoms with Crippen LogP contribution in [0.2, 0.25) is 4.34 Å². The van der Waals surface area contributed by atoms with Crippen molar-refractivity contribution < 1.29 is 4.74 Å². The Morgan fingerprint density at radius 3 is 2.90 bits per heavy atom. The van der Waals surface area contributed by atoms with Gasteiger partial charge in [-0.05, 0) is 42.9 Å². The Morgan fingerprint density at radius 1 is 1.33 bits per heavy atom. The summed E-state index contributed by atoms with van der Waals surface area (Å²) in [6.07, 6.45) is 0.978. The summed E-state index contributed by atoms with van der Waals surface area (Å²) in [6, 6.07) is 9.96. The van der Waals surface area contributed by atoms with Gasteiger partial charge in [-0.15, -0.1) is 11.3 Å². The molecular formula is C15H15ClN2OS2. The lowest BCUT2D eigenvalue weighted by atomic mass is 10.3. The van der Waals surface area contributed by atoms with Gasteiger partial charge in [0, 0.05) is 4.88 Å². The smallest absolute Gasteiger partial charge is 0.178 e. The minimum absolute atomic E-state index is 0.696. The monoisotopic (exact) mass is 338 g/mol. The second-order valence-electron chi connectivity index (χ2n) is 4.72. The van der Waals surface area contributed by atoms with Gasteiger partial charge < -0.3 is 14.3 Å². The Hall–Kier alpha value is -1.30. The molecule has 0 saturated heterocycles. The molecular weight excluding hydrogens is 324 g/mol. The Labute approximate surface area is 137 Å². The summed E-state index contributed by atoms with van der Waals surface area (Å²) in [6.45, 7) is 3.51. The van der Waals surface area contributed by atoms with Crippen LogP contribution in [0.1, 0.15) is 18.2 Å². The summed E-state index contributed by atoms with van der Waals surface area (Å²) in [5.74, 6) is 0.850. The summed E-state index contributed by atoms with van der Waals surface area (Å²) in [5, 5.41) is 0. The number of thiophene rings is 1. The fourth-order valence-corrected chi connectivity index (χ4v) is 3.58. The van der Waals surface area contributed by atoms with Gasteiger partial charge in [0.2, 0.25) is 0 Å². The minimum Gasteiger partial charge on any atom is -0.491 e. The van der Waals surface area contributed by atoms with E-state index in [9.17, 15) is 0 Å². The molecule has 1 aromatic carbocycles. The summed E-state index contributed by atoms with van der Waals surface area (Å²) >= 11 is 13.0. The van der Waals surface area contributed by atoms with E-state index in [2.05, 4.69) is 22.5 Å². The van der Waals surface area contributed by atoms with Crippen molar-refractivity contribution in [3.05, 3.63) is 44.3 Å². The number of para-hydroxylation sites is 1. The number of aromatic nitrogens is 2. The third-order valence-corrected chi connectivity index (χ3v) is 4.71. The normalized spacial score (nSPS) is 11.1. The maximum absolute atomic E-state index is 6.00. The van der Waals surface area contributed by atoms with Crippen molar-refractivity contribution in [3.63, 3.8) is 0 Å². The van der Waals surface area contributed by atoms with Crippen molar-refractivity contribution in [1.82, 2.24) is 9.55 Å². The molecule has 0 saturated carbocycles. The van der Waals surface area contributed by atoms with Gasteiger partial charge in [0.05, 0.1) is 23.0 Å². The van der Waals surface area contributed by atoms with Crippen molar-refractivity contribution in [2.24, 2.45) is 0 Å². The molecule has 2 aromatic heterocycles. The van der Waals surface area contributed by atoms with Crippen molar-refractivity contribution in [2.75, 3.05) is 6.61 Å². The number of halogens is 1. The first-order valence-corrected chi connectivity index (χ1v) is 8.38. The zero-order valence-corrected chi connectivity index (χ0v) is 13.9. The van der Waals surface area contributed by atoms with Crippen LogP contribution in [0.25, 0.3) is 11.0 Å². The highest BCUT2D eigenvalue weighted by Gasteiger charge is 2.10. The number of hydrogen-bond donors (Lipinski definition) is 1. The lowest BCUT2D eigenvalue weighted by molar-refractivity contribution is 0.320. The largest absolute Gasteiger partial charge is 0.491 e. The summed E-state index contributed by atoms with van der Waals surface area (Å²) in [7, 11) is 0. The Morgan fingerprint density at radius 2 is 2.19 bits per heavy atom. The third kappa shape index (κ3) is 3.00. The van der Waals surface area contributed by atoms with Crippen LogP contribution >= 0.6 is 35.2 Å². The number of imidazole rings is 1. The molecule has 0 spiro atoms. The van der Waals surface area contributed by atoms with Gasteiger partial charge in [-0.2, -0.15) is 0 Å². The number of fused-ring (bicyclic) bond motifs is 1. The number of benzene rings is 1. The van der Waals surface area contributed by atoms with Crippen LogP contribution in [0, 0.1) is 4.77 Å². The first-order valence-electron chi connectivity index (χ1n) is 6.77. The maximum atomic E-state index is 6.00. The van der Waals surface area contributed by atoms with Crippen LogP contribution in [0.4, 0.5) is 0 Å². The maximum Gasteiger partial charge on any atom is 0.178 e. The van der Waals surface area contributed by atoms with E-state index in [4.69, 9.17) is 28.6 Å². The molecule has 0 bridgehead atoms. The van der Waals surface area contributed by atoms with Crippen molar-refractivity contribution in [1.29, 1.82) is 0 Å². The average Bonchev–Trinajstić information content (AvgIpc) is 3.02. The predicted octanol–water partition coefficient (Wildman–Crippen LogP) is 5.25. The number of aromatic amines is 1. The van der Waals surface area contributed by atoms with Gasteiger partial charge >= 0.3 is 0 Å². The summed E-state index contributed by atoms with van der Waals surface area (Å²) in [4.78, 5) is 4.43. The fourth-order valence-electron chi connectivity index (χ4n) is 2.24. The molecule has 2 heterocycles. The molecule has 0 unspecified atom stereocenters. The first kappa shape index (κ1) is 14.6. The summed E-state index contributed by atoms with van der Waals surface area (Å²) in [5.41, 5.74) is 2.01. The molecule has 0 aliphatic heterocycles. The topological polar surface area (TPSA) is 29.9 Å². The zero-order chi connectivity index (χ0) is 14.8. The number of ether oxygens (including phenoxy) is 1. The van der Waals surface area contributed by atoms with Crippen LogP contribution < -0.4 is 4.74 Å². The molecule has 6 heteroatoms. The Balaban J connectivity index is 2.03. The molecule has 21 heavy (non-hydrogen) atoms. The molecule has 0 amide bonds. The SMILES string of the molecule is CCCOc1cccc2c1[nH]c(=S)n2Cc1ccc(Cl)s1. The highest BCUT2D eigenvalue weighted by Crippen LogP contribution is 2.28. The van der Waals surface area contributed by atoms with Gasteiger partial charge in [0.25, 0.3) is 0 Å². The summed E-state index contributed by atoms with van der Waals surface area (Å²) < 4.78 is 9.35. The number of nitrogens with one attached hydrogen (secondary N) is 1. The van der Waals surface area contributed by atoms with E-state index in [-0.39, 0.29) is 0 Å². The molecule has 3 aromatic rings. The van der Waals surface area contributed by atoms with E-state index >= 15 is 0 Å². The first-order chi connectivity index (χ1) is 10.2. The number of H-pyrrole nitrogens is 1. The second-order valence-corrected chi connectivity index (χ2v) is 6.91. The number of rotatable bonds is 5. The van der Waals surface area contributed by atoms with Crippen molar-refractivity contribution in [2.45, 2.75) is 19.9 Å². The second kappa shape index (κ2) is 6.22. The van der Waals surface area contributed by atoms with Gasteiger partial charge in [0.1, 0.15) is 11.3 Å². The van der Waals surface area contributed by atoms with Gasteiger partial charge in [0.15, 0.2) is 4.77 Å². The molecule has 3 nitrogen and oxygen atoms in total. The third-order valence-electron chi connectivity index (χ3n) is 3.18. The van der Waals surface area contributed by atoms with Crippen LogP contribution in [0.3, 0.4) is 0 Å². The molecule has 0 aliphatic carbocycles. The van der Waals surface area contributed by atoms with E-state index in [1.54, 1.807) is 11.3 Å². The van der Waals surface area contributed by atoms with Crippen molar-refractivity contribution in [3.8, 4) is 5.75 Å². The lowest BCUT2D eigenvalue weighted by Gasteiger charge is -2.06. The highest BCUT2D eigenvalue weighted by atomic mass is 35.5. The number of nitrogens with zero attached hydrogens (tertiary/aromatic N) is 1. The average molecular weight is 339 g/mol. The van der Waals surface area contributed by atoms with Crippen LogP contribution in [0.5, 0.6) is 5.75 Å². The molecule has 0 atom stereocenters. The van der Waals surface area contributed by atoms with Crippen LogP contribution in [-0.4, -0.2) is 16.2 Å². The Bertz CT molecular complexity index is 819. The van der Waals surface area contributed by atoms with E-state index < -0.39 is 0 Å². The van der Waals surface area contributed by atoms with E-state index in [1.165, 1.54) is 4.88 Å². The number of hydrogen-bond acceptors (Lipinski definition) is 3. The zero-order valence-electron chi connectivity index (χ0n) is 11.6. The molecule has 1 N–H and O–H groups in total. The highest BCUT2D eigenvalue weighted by molar-refractivity contribution is 7.71. The standard InChI is InChI=1S/C15H15ClN2OS2/c1-2-8-19-12-5-3-4-11-14(12)17-15(20)18(11)9-10-6-7-13(16)21-10/h3-7H,2,8-9H2,1H3,(H,17,20). The van der Waals surface area contributed by atoms with Crippen LogP contribution in [0.15, 0.2) is 30.3 Å². The van der Waals surface area contributed by atoms with E-state index in [0.717, 1.165) is 27.5 Å². The Kier molecular flexibility index (Phi) is 4.33. The van der Waals surface area contributed by atoms with E-state index in [0.29, 0.717) is 17.9 Å². The van der Waals surface area contributed by atoms with Gasteiger partial charge in [-0.3, -0.25) is 0 Å². The van der Waals surface area contributed by atoms with Crippen molar-refractivity contribution >= 4 is 46.2 Å². The van der Waals surface area contributed by atoms with Gasteiger partial charge in [-0.1, -0.05) is 24.6 Å². The fraction of sp³-hybridized carbons (Fsp3) is 0.267. The molecule has 0 fully saturated rings. The minimum atomic E-state index is 0.696. The quantitative estimate of drug-likeness (QED) is 0.644. The molecule has 0 radical (unpaired) electrons. The predicted molar refractivity (Wildman–Crippen MR) is 91.3 cm³/mol. The van der Waals surface area contributed by atoms with Crippen LogP contribution in [-0.2, 0) is 6.54 Å². The molecule has 0 aliphatic rings. The van der Waals surface area contributed by atoms with Gasteiger partial charge in [-0.25, -0.2) is 0 Å². The lowest BCUT2D eigenvalue weighted by Crippen LogP contribution is -1.98.